The van der Waals surface area contributed by atoms with Crippen LogP contribution in [-0.4, -0.2) is 30.3 Å². The van der Waals surface area contributed by atoms with Gasteiger partial charge in [-0.2, -0.15) is 0 Å². The SMILES string of the molecule is CCOC(=O)C(O)CNCc1ccccc1. The molecule has 0 radical (unpaired) electrons. The Hall–Kier alpha value is -1.39. The zero-order valence-corrected chi connectivity index (χ0v) is 9.35. The number of carbonyl (C=O) groups is 1. The van der Waals surface area contributed by atoms with E-state index in [9.17, 15) is 9.90 Å². The Bertz CT molecular complexity index is 313. The Morgan fingerprint density at radius 2 is 2.12 bits per heavy atom. The molecule has 1 atom stereocenters. The van der Waals surface area contributed by atoms with Crippen molar-refractivity contribution in [2.24, 2.45) is 0 Å². The minimum atomic E-state index is -1.09. The van der Waals surface area contributed by atoms with E-state index in [-0.39, 0.29) is 13.2 Å². The Labute approximate surface area is 95.2 Å². The molecule has 16 heavy (non-hydrogen) atoms. The molecular formula is C12H17NO3. The first-order chi connectivity index (χ1) is 7.74. The first kappa shape index (κ1) is 12.7. The molecule has 0 saturated heterocycles. The number of nitrogens with one attached hydrogen (secondary N) is 1. The quantitative estimate of drug-likeness (QED) is 0.697. The summed E-state index contributed by atoms with van der Waals surface area (Å²) in [5.41, 5.74) is 1.11. The molecule has 0 aromatic heterocycles. The highest BCUT2D eigenvalue weighted by Crippen LogP contribution is 1.97. The summed E-state index contributed by atoms with van der Waals surface area (Å²) in [4.78, 5) is 11.1. The van der Waals surface area contributed by atoms with Crippen molar-refractivity contribution in [1.29, 1.82) is 0 Å². The van der Waals surface area contributed by atoms with Gasteiger partial charge in [0, 0.05) is 13.1 Å². The summed E-state index contributed by atoms with van der Waals surface area (Å²) < 4.78 is 4.68. The summed E-state index contributed by atoms with van der Waals surface area (Å²) >= 11 is 0. The largest absolute Gasteiger partial charge is 0.464 e. The van der Waals surface area contributed by atoms with Crippen LogP contribution in [0.2, 0.25) is 0 Å². The maximum atomic E-state index is 11.1. The fourth-order valence-corrected chi connectivity index (χ4v) is 1.27. The highest BCUT2D eigenvalue weighted by molar-refractivity contribution is 5.74. The molecule has 1 unspecified atom stereocenters. The van der Waals surface area contributed by atoms with Gasteiger partial charge < -0.3 is 15.2 Å². The third kappa shape index (κ3) is 4.42. The summed E-state index contributed by atoms with van der Waals surface area (Å²) in [6, 6.07) is 9.78. The summed E-state index contributed by atoms with van der Waals surface area (Å²) in [6.45, 7) is 2.82. The molecule has 2 N–H and O–H groups in total. The summed E-state index contributed by atoms with van der Waals surface area (Å²) in [6.07, 6.45) is -1.09. The Balaban J connectivity index is 2.23. The summed E-state index contributed by atoms with van der Waals surface area (Å²) in [5.74, 6) is -0.580. The Kier molecular flexibility index (Phi) is 5.53. The summed E-state index contributed by atoms with van der Waals surface area (Å²) in [7, 11) is 0. The van der Waals surface area contributed by atoms with E-state index >= 15 is 0 Å². The zero-order valence-electron chi connectivity index (χ0n) is 9.35. The molecular weight excluding hydrogens is 206 g/mol. The molecule has 4 heteroatoms. The van der Waals surface area contributed by atoms with E-state index in [2.05, 4.69) is 10.1 Å². The fraction of sp³-hybridized carbons (Fsp3) is 0.417. The third-order valence-electron chi connectivity index (χ3n) is 2.07. The third-order valence-corrected chi connectivity index (χ3v) is 2.07. The molecule has 1 aromatic rings. The van der Waals surface area contributed by atoms with E-state index in [1.165, 1.54) is 0 Å². The zero-order chi connectivity index (χ0) is 11.8. The number of esters is 1. The number of hydrogen-bond donors (Lipinski definition) is 2. The van der Waals surface area contributed by atoms with Gasteiger partial charge in [0.25, 0.3) is 0 Å². The lowest BCUT2D eigenvalue weighted by molar-refractivity contribution is -0.152. The average molecular weight is 223 g/mol. The predicted molar refractivity (Wildman–Crippen MR) is 60.8 cm³/mol. The minimum absolute atomic E-state index is 0.202. The van der Waals surface area contributed by atoms with Gasteiger partial charge in [0.1, 0.15) is 0 Å². The number of aliphatic hydroxyl groups is 1. The van der Waals surface area contributed by atoms with Gasteiger partial charge in [0.05, 0.1) is 6.61 Å². The van der Waals surface area contributed by atoms with Gasteiger partial charge >= 0.3 is 5.97 Å². The minimum Gasteiger partial charge on any atom is -0.464 e. The van der Waals surface area contributed by atoms with Gasteiger partial charge in [-0.3, -0.25) is 0 Å². The number of hydrogen-bond acceptors (Lipinski definition) is 4. The Morgan fingerprint density at radius 1 is 1.44 bits per heavy atom. The molecule has 0 amide bonds. The van der Waals surface area contributed by atoms with Crippen molar-refractivity contribution in [2.75, 3.05) is 13.2 Å². The maximum absolute atomic E-state index is 11.1. The van der Waals surface area contributed by atoms with Crippen molar-refractivity contribution >= 4 is 5.97 Å². The van der Waals surface area contributed by atoms with Crippen molar-refractivity contribution in [2.45, 2.75) is 19.6 Å². The predicted octanol–water partition coefficient (Wildman–Crippen LogP) is 0.700. The molecule has 0 spiro atoms. The maximum Gasteiger partial charge on any atom is 0.336 e. The van der Waals surface area contributed by atoms with E-state index in [1.807, 2.05) is 30.3 Å². The van der Waals surface area contributed by atoms with Gasteiger partial charge in [-0.15, -0.1) is 0 Å². The number of benzene rings is 1. The van der Waals surface area contributed by atoms with Crippen LogP contribution in [0.25, 0.3) is 0 Å². The van der Waals surface area contributed by atoms with Gasteiger partial charge in [-0.25, -0.2) is 4.79 Å². The second kappa shape index (κ2) is 6.98. The van der Waals surface area contributed by atoms with E-state index in [0.29, 0.717) is 6.54 Å². The molecule has 0 saturated carbocycles. The second-order valence-corrected chi connectivity index (χ2v) is 3.38. The summed E-state index contributed by atoms with van der Waals surface area (Å²) in [5, 5.41) is 12.4. The second-order valence-electron chi connectivity index (χ2n) is 3.38. The van der Waals surface area contributed by atoms with Gasteiger partial charge in [0.15, 0.2) is 6.10 Å². The van der Waals surface area contributed by atoms with Gasteiger partial charge in [-0.1, -0.05) is 30.3 Å². The molecule has 0 fully saturated rings. The van der Waals surface area contributed by atoms with Crippen LogP contribution in [0, 0.1) is 0 Å². The van der Waals surface area contributed by atoms with Crippen LogP contribution in [0.5, 0.6) is 0 Å². The molecule has 88 valence electrons. The fourth-order valence-electron chi connectivity index (χ4n) is 1.27. The Morgan fingerprint density at radius 3 is 2.75 bits per heavy atom. The van der Waals surface area contributed by atoms with Crippen LogP contribution >= 0.6 is 0 Å². The number of aliphatic hydroxyl groups excluding tert-OH is 1. The van der Waals surface area contributed by atoms with Crippen LogP contribution in [0.3, 0.4) is 0 Å². The number of ether oxygens (including phenoxy) is 1. The van der Waals surface area contributed by atoms with Crippen molar-refractivity contribution in [3.8, 4) is 0 Å². The molecule has 0 bridgehead atoms. The van der Waals surface area contributed by atoms with Crippen LogP contribution in [0.1, 0.15) is 12.5 Å². The van der Waals surface area contributed by atoms with Crippen LogP contribution in [0.4, 0.5) is 0 Å². The molecule has 0 aliphatic rings. The first-order valence-corrected chi connectivity index (χ1v) is 5.33. The lowest BCUT2D eigenvalue weighted by Crippen LogP contribution is -2.34. The topological polar surface area (TPSA) is 58.6 Å². The average Bonchev–Trinajstić information content (AvgIpc) is 2.30. The normalized spacial score (nSPS) is 12.1. The van der Waals surface area contributed by atoms with Crippen molar-refractivity contribution in [1.82, 2.24) is 5.32 Å². The molecule has 0 aliphatic carbocycles. The smallest absolute Gasteiger partial charge is 0.336 e. The van der Waals surface area contributed by atoms with E-state index in [4.69, 9.17) is 0 Å². The van der Waals surface area contributed by atoms with E-state index in [1.54, 1.807) is 6.92 Å². The van der Waals surface area contributed by atoms with Crippen molar-refractivity contribution < 1.29 is 14.6 Å². The van der Waals surface area contributed by atoms with Crippen LogP contribution in [0.15, 0.2) is 30.3 Å². The molecule has 1 rings (SSSR count). The van der Waals surface area contributed by atoms with Crippen LogP contribution < -0.4 is 5.32 Å². The first-order valence-electron chi connectivity index (χ1n) is 5.33. The number of carbonyl (C=O) groups excluding carboxylic acids is 1. The standard InChI is InChI=1S/C12H17NO3/c1-2-16-12(15)11(14)9-13-8-10-6-4-3-5-7-10/h3-7,11,13-14H,2,8-9H2,1H3. The number of rotatable bonds is 6. The lowest BCUT2D eigenvalue weighted by Gasteiger charge is -2.10. The van der Waals surface area contributed by atoms with Crippen LogP contribution in [-0.2, 0) is 16.1 Å². The van der Waals surface area contributed by atoms with Gasteiger partial charge in [0.2, 0.25) is 0 Å². The molecule has 0 aliphatic heterocycles. The van der Waals surface area contributed by atoms with E-state index in [0.717, 1.165) is 5.56 Å². The van der Waals surface area contributed by atoms with Crippen molar-refractivity contribution in [3.05, 3.63) is 35.9 Å². The highest BCUT2D eigenvalue weighted by Gasteiger charge is 2.14. The molecule has 1 aromatic carbocycles. The highest BCUT2D eigenvalue weighted by atomic mass is 16.5. The van der Waals surface area contributed by atoms with Gasteiger partial charge in [-0.05, 0) is 12.5 Å². The molecule has 4 nitrogen and oxygen atoms in total. The van der Waals surface area contributed by atoms with Crippen molar-refractivity contribution in [3.63, 3.8) is 0 Å². The monoisotopic (exact) mass is 223 g/mol. The van der Waals surface area contributed by atoms with E-state index < -0.39 is 12.1 Å². The lowest BCUT2D eigenvalue weighted by atomic mass is 10.2. The molecule has 0 heterocycles.